The molecule has 4 heteroatoms. The van der Waals surface area contributed by atoms with E-state index in [-0.39, 0.29) is 12.0 Å². The van der Waals surface area contributed by atoms with E-state index in [1.807, 2.05) is 13.8 Å². The van der Waals surface area contributed by atoms with E-state index in [0.717, 1.165) is 6.20 Å². The summed E-state index contributed by atoms with van der Waals surface area (Å²) in [7, 11) is 1.53. The molecule has 2 unspecified atom stereocenters. The number of methoxy groups -OCH3 is 1. The van der Waals surface area contributed by atoms with Crippen molar-refractivity contribution in [3.8, 4) is 0 Å². The van der Waals surface area contributed by atoms with E-state index in [9.17, 15) is 9.50 Å². The summed E-state index contributed by atoms with van der Waals surface area (Å²) in [5, 5.41) is 9.94. The van der Waals surface area contributed by atoms with Crippen molar-refractivity contribution in [1.29, 1.82) is 0 Å². The highest BCUT2D eigenvalue weighted by Crippen LogP contribution is 2.23. The second kappa shape index (κ2) is 5.19. The van der Waals surface area contributed by atoms with Crippen molar-refractivity contribution in [3.63, 3.8) is 0 Å². The van der Waals surface area contributed by atoms with Crippen LogP contribution in [-0.4, -0.2) is 23.3 Å². The maximum atomic E-state index is 12.9. The molecule has 1 N–H and O–H groups in total. The van der Waals surface area contributed by atoms with Crippen LogP contribution in [0.1, 0.15) is 25.5 Å². The lowest BCUT2D eigenvalue weighted by molar-refractivity contribution is -0.0393. The Bertz CT molecular complexity index is 317. The predicted octanol–water partition coefficient (Wildman–Crippen LogP) is 1.93. The summed E-state index contributed by atoms with van der Waals surface area (Å²) in [6.07, 6.45) is 1.35. The minimum Gasteiger partial charge on any atom is -0.386 e. The molecule has 84 valence electrons. The van der Waals surface area contributed by atoms with Crippen molar-refractivity contribution in [2.24, 2.45) is 5.92 Å². The molecule has 0 amide bonds. The molecule has 0 spiro atoms. The highest BCUT2D eigenvalue weighted by atomic mass is 19.1. The van der Waals surface area contributed by atoms with Crippen LogP contribution in [-0.2, 0) is 4.74 Å². The maximum absolute atomic E-state index is 12.9. The van der Waals surface area contributed by atoms with Gasteiger partial charge in [0.1, 0.15) is 11.9 Å². The maximum Gasteiger partial charge on any atom is 0.141 e. The zero-order valence-electron chi connectivity index (χ0n) is 9.14. The lowest BCUT2D eigenvalue weighted by Gasteiger charge is -2.24. The highest BCUT2D eigenvalue weighted by molar-refractivity contribution is 5.14. The summed E-state index contributed by atoms with van der Waals surface area (Å²) < 4.78 is 18.0. The van der Waals surface area contributed by atoms with Crippen LogP contribution in [0.15, 0.2) is 18.5 Å². The largest absolute Gasteiger partial charge is 0.386 e. The van der Waals surface area contributed by atoms with Crippen LogP contribution in [0.25, 0.3) is 0 Å². The molecule has 1 heterocycles. The molecule has 1 aromatic rings. The Morgan fingerprint density at radius 1 is 1.40 bits per heavy atom. The molecule has 0 saturated carbocycles. The Hall–Kier alpha value is -1.00. The standard InChI is InChI=1S/C11H16FNO2/c1-7(2)11(15-3)10(14)8-4-9(12)6-13-5-8/h4-7,10-11,14H,1-3H3. The van der Waals surface area contributed by atoms with E-state index < -0.39 is 11.9 Å². The summed E-state index contributed by atoms with van der Waals surface area (Å²) in [4.78, 5) is 3.69. The Morgan fingerprint density at radius 3 is 2.53 bits per heavy atom. The fourth-order valence-electron chi connectivity index (χ4n) is 1.55. The average Bonchev–Trinajstić information content (AvgIpc) is 2.18. The molecule has 1 rings (SSSR count). The Labute approximate surface area is 88.9 Å². The Morgan fingerprint density at radius 2 is 2.07 bits per heavy atom. The summed E-state index contributed by atoms with van der Waals surface area (Å²) in [5.74, 6) is -0.307. The number of hydrogen-bond acceptors (Lipinski definition) is 3. The van der Waals surface area contributed by atoms with Gasteiger partial charge in [-0.2, -0.15) is 0 Å². The SMILES string of the molecule is COC(C(C)C)C(O)c1cncc(F)c1. The zero-order chi connectivity index (χ0) is 11.4. The van der Waals surface area contributed by atoms with Gasteiger partial charge in [-0.15, -0.1) is 0 Å². The van der Waals surface area contributed by atoms with Crippen molar-refractivity contribution in [2.75, 3.05) is 7.11 Å². The monoisotopic (exact) mass is 213 g/mol. The molecular formula is C11H16FNO2. The van der Waals surface area contributed by atoms with E-state index in [4.69, 9.17) is 4.74 Å². The topological polar surface area (TPSA) is 42.4 Å². The first-order valence-corrected chi connectivity index (χ1v) is 4.87. The summed E-state index contributed by atoms with van der Waals surface area (Å²) >= 11 is 0. The van der Waals surface area contributed by atoms with E-state index >= 15 is 0 Å². The molecule has 0 aromatic carbocycles. The van der Waals surface area contributed by atoms with Gasteiger partial charge in [-0.1, -0.05) is 13.8 Å². The minimum atomic E-state index is -0.849. The lowest BCUT2D eigenvalue weighted by Crippen LogP contribution is -2.26. The van der Waals surface area contributed by atoms with Gasteiger partial charge in [-0.25, -0.2) is 4.39 Å². The number of pyridine rings is 1. The molecule has 0 saturated heterocycles. The number of halogens is 1. The molecule has 0 aliphatic heterocycles. The van der Waals surface area contributed by atoms with Crippen molar-refractivity contribution < 1.29 is 14.2 Å². The van der Waals surface area contributed by atoms with Gasteiger partial charge in [0.15, 0.2) is 0 Å². The third-order valence-electron chi connectivity index (χ3n) is 2.31. The molecule has 1 aromatic heterocycles. The van der Waals surface area contributed by atoms with E-state index in [1.54, 1.807) is 0 Å². The second-order valence-corrected chi connectivity index (χ2v) is 3.83. The number of aliphatic hydroxyl groups is 1. The van der Waals surface area contributed by atoms with Crippen LogP contribution in [0.4, 0.5) is 4.39 Å². The first kappa shape index (κ1) is 12.1. The predicted molar refractivity (Wildman–Crippen MR) is 54.8 cm³/mol. The van der Waals surface area contributed by atoms with Gasteiger partial charge < -0.3 is 9.84 Å². The third-order valence-corrected chi connectivity index (χ3v) is 2.31. The molecule has 0 radical (unpaired) electrons. The van der Waals surface area contributed by atoms with E-state index in [0.29, 0.717) is 5.56 Å². The normalized spacial score (nSPS) is 15.3. The van der Waals surface area contributed by atoms with Crippen LogP contribution in [0.5, 0.6) is 0 Å². The van der Waals surface area contributed by atoms with Crippen LogP contribution >= 0.6 is 0 Å². The fourth-order valence-corrected chi connectivity index (χ4v) is 1.55. The summed E-state index contributed by atoms with van der Waals surface area (Å²) in [6, 6.07) is 1.27. The second-order valence-electron chi connectivity index (χ2n) is 3.83. The minimum absolute atomic E-state index is 0.147. The van der Waals surface area contributed by atoms with Crippen molar-refractivity contribution >= 4 is 0 Å². The number of hydrogen-bond donors (Lipinski definition) is 1. The van der Waals surface area contributed by atoms with Crippen molar-refractivity contribution in [2.45, 2.75) is 26.1 Å². The Kier molecular flexibility index (Phi) is 4.17. The number of ether oxygens (including phenoxy) is 1. The van der Waals surface area contributed by atoms with Crippen molar-refractivity contribution in [1.82, 2.24) is 4.98 Å². The van der Waals surface area contributed by atoms with Gasteiger partial charge in [-0.3, -0.25) is 4.98 Å². The number of aliphatic hydroxyl groups excluding tert-OH is 1. The van der Waals surface area contributed by atoms with Gasteiger partial charge in [0.05, 0.1) is 12.3 Å². The number of rotatable bonds is 4. The van der Waals surface area contributed by atoms with Gasteiger partial charge in [-0.05, 0) is 12.0 Å². The highest BCUT2D eigenvalue weighted by Gasteiger charge is 2.24. The molecule has 0 fully saturated rings. The van der Waals surface area contributed by atoms with Gasteiger partial charge in [0, 0.05) is 18.9 Å². The van der Waals surface area contributed by atoms with E-state index in [2.05, 4.69) is 4.98 Å². The number of nitrogens with zero attached hydrogens (tertiary/aromatic N) is 1. The van der Waals surface area contributed by atoms with Crippen LogP contribution in [0.3, 0.4) is 0 Å². The third kappa shape index (κ3) is 2.97. The van der Waals surface area contributed by atoms with Crippen LogP contribution in [0, 0.1) is 11.7 Å². The van der Waals surface area contributed by atoms with Crippen LogP contribution < -0.4 is 0 Å². The van der Waals surface area contributed by atoms with E-state index in [1.165, 1.54) is 19.4 Å². The smallest absolute Gasteiger partial charge is 0.141 e. The average molecular weight is 213 g/mol. The van der Waals surface area contributed by atoms with Gasteiger partial charge >= 0.3 is 0 Å². The quantitative estimate of drug-likeness (QED) is 0.831. The molecule has 15 heavy (non-hydrogen) atoms. The summed E-state index contributed by atoms with van der Waals surface area (Å²) in [6.45, 7) is 3.87. The zero-order valence-corrected chi connectivity index (χ0v) is 9.14. The van der Waals surface area contributed by atoms with Crippen LogP contribution in [0.2, 0.25) is 0 Å². The molecule has 2 atom stereocenters. The molecule has 0 aliphatic rings. The lowest BCUT2D eigenvalue weighted by atomic mass is 9.97. The Balaban J connectivity index is 2.87. The molecule has 0 bridgehead atoms. The molecule has 3 nitrogen and oxygen atoms in total. The first-order valence-electron chi connectivity index (χ1n) is 4.87. The molecular weight excluding hydrogens is 197 g/mol. The summed E-state index contributed by atoms with van der Waals surface area (Å²) in [5.41, 5.74) is 0.440. The van der Waals surface area contributed by atoms with Gasteiger partial charge in [0.25, 0.3) is 0 Å². The molecule has 0 aliphatic carbocycles. The number of aromatic nitrogens is 1. The van der Waals surface area contributed by atoms with Gasteiger partial charge in [0.2, 0.25) is 0 Å². The van der Waals surface area contributed by atoms with Crippen molar-refractivity contribution in [3.05, 3.63) is 29.8 Å². The fraction of sp³-hybridized carbons (Fsp3) is 0.545. The first-order chi connectivity index (χ1) is 7.06.